The molecule has 6 nitrogen and oxygen atoms in total. The number of carbonyl (C=O) groups is 1. The third kappa shape index (κ3) is 4.79. The molecule has 1 saturated carbocycles. The van der Waals surface area contributed by atoms with Crippen molar-refractivity contribution in [3.8, 4) is 5.75 Å². The van der Waals surface area contributed by atoms with Gasteiger partial charge >= 0.3 is 5.97 Å². The second-order valence-electron chi connectivity index (χ2n) is 8.42. The number of pyridine rings is 1. The highest BCUT2D eigenvalue weighted by Crippen LogP contribution is 2.41. The van der Waals surface area contributed by atoms with Crippen molar-refractivity contribution in [2.24, 2.45) is 0 Å². The summed E-state index contributed by atoms with van der Waals surface area (Å²) >= 11 is 0. The number of halogens is 1. The number of rotatable bonds is 7. The summed E-state index contributed by atoms with van der Waals surface area (Å²) in [5.74, 6) is -0.406. The van der Waals surface area contributed by atoms with E-state index in [1.54, 1.807) is 19.1 Å². The second kappa shape index (κ2) is 8.70. The SMILES string of the molecule is Cc1cc(OC(CN2CCN[C@H](C)C2)c2ccc(C3CC3)c(F)c2)cnc1C(=O)O. The third-order valence-corrected chi connectivity index (χ3v) is 5.82. The molecule has 1 aromatic carbocycles. The number of carboxylic acids is 1. The molecule has 1 unspecified atom stereocenters. The van der Waals surface area contributed by atoms with E-state index in [2.05, 4.69) is 22.1 Å². The van der Waals surface area contributed by atoms with Crippen molar-refractivity contribution >= 4 is 5.97 Å². The van der Waals surface area contributed by atoms with E-state index in [-0.39, 0.29) is 17.6 Å². The quantitative estimate of drug-likeness (QED) is 0.724. The molecular weight excluding hydrogens is 385 g/mol. The maximum absolute atomic E-state index is 14.7. The van der Waals surface area contributed by atoms with E-state index in [9.17, 15) is 14.3 Å². The Labute approximate surface area is 176 Å². The Morgan fingerprint density at radius 1 is 1.40 bits per heavy atom. The van der Waals surface area contributed by atoms with E-state index in [0.29, 0.717) is 29.8 Å². The number of hydrogen-bond donors (Lipinski definition) is 2. The first-order valence-electron chi connectivity index (χ1n) is 10.5. The van der Waals surface area contributed by atoms with Crippen LogP contribution in [0.4, 0.5) is 4.39 Å². The normalized spacial score (nSPS) is 20.7. The van der Waals surface area contributed by atoms with Crippen molar-refractivity contribution in [3.05, 3.63) is 58.7 Å². The van der Waals surface area contributed by atoms with Gasteiger partial charge in [0.1, 0.15) is 17.7 Å². The Morgan fingerprint density at radius 3 is 2.83 bits per heavy atom. The molecule has 30 heavy (non-hydrogen) atoms. The lowest BCUT2D eigenvalue weighted by atomic mass is 10.0. The molecule has 2 N–H and O–H groups in total. The van der Waals surface area contributed by atoms with E-state index in [1.807, 2.05) is 12.1 Å². The maximum Gasteiger partial charge on any atom is 0.354 e. The third-order valence-electron chi connectivity index (χ3n) is 5.82. The summed E-state index contributed by atoms with van der Waals surface area (Å²) in [5, 5.41) is 12.6. The van der Waals surface area contributed by atoms with E-state index in [1.165, 1.54) is 6.20 Å². The Hall–Kier alpha value is -2.51. The summed E-state index contributed by atoms with van der Waals surface area (Å²) in [7, 11) is 0. The first-order chi connectivity index (χ1) is 14.4. The van der Waals surface area contributed by atoms with Gasteiger partial charge in [-0.25, -0.2) is 14.2 Å². The van der Waals surface area contributed by atoms with Crippen molar-refractivity contribution < 1.29 is 19.0 Å². The highest BCUT2D eigenvalue weighted by molar-refractivity contribution is 5.87. The second-order valence-corrected chi connectivity index (χ2v) is 8.42. The van der Waals surface area contributed by atoms with E-state index < -0.39 is 5.97 Å². The summed E-state index contributed by atoms with van der Waals surface area (Å²) in [5.41, 5.74) is 2.11. The van der Waals surface area contributed by atoms with Crippen LogP contribution in [-0.4, -0.2) is 53.2 Å². The molecule has 1 saturated heterocycles. The number of aromatic carboxylic acids is 1. The van der Waals surface area contributed by atoms with Crippen molar-refractivity contribution in [1.29, 1.82) is 0 Å². The number of piperazine rings is 1. The molecule has 0 radical (unpaired) electrons. The van der Waals surface area contributed by atoms with Gasteiger partial charge in [0.05, 0.1) is 6.20 Å². The van der Waals surface area contributed by atoms with Gasteiger partial charge in [0, 0.05) is 32.2 Å². The van der Waals surface area contributed by atoms with E-state index in [4.69, 9.17) is 4.74 Å². The summed E-state index contributed by atoms with van der Waals surface area (Å²) in [6.07, 6.45) is 3.15. The van der Waals surface area contributed by atoms with Crippen LogP contribution in [0.3, 0.4) is 0 Å². The van der Waals surface area contributed by atoms with Gasteiger partial charge in [-0.1, -0.05) is 12.1 Å². The molecule has 1 aliphatic carbocycles. The number of aromatic nitrogens is 1. The van der Waals surface area contributed by atoms with Crippen LogP contribution in [0.25, 0.3) is 0 Å². The number of ether oxygens (including phenoxy) is 1. The smallest absolute Gasteiger partial charge is 0.354 e. The van der Waals surface area contributed by atoms with Gasteiger partial charge < -0.3 is 15.2 Å². The van der Waals surface area contributed by atoms with Crippen LogP contribution in [0.2, 0.25) is 0 Å². The lowest BCUT2D eigenvalue weighted by molar-refractivity contribution is 0.0689. The molecule has 2 atom stereocenters. The van der Waals surface area contributed by atoms with Crippen LogP contribution in [0.5, 0.6) is 5.75 Å². The zero-order valence-corrected chi connectivity index (χ0v) is 17.4. The first-order valence-corrected chi connectivity index (χ1v) is 10.5. The number of nitrogens with zero attached hydrogens (tertiary/aromatic N) is 2. The molecule has 0 bridgehead atoms. The molecule has 2 heterocycles. The summed E-state index contributed by atoms with van der Waals surface area (Å²) in [6.45, 7) is 7.13. The van der Waals surface area contributed by atoms with Crippen LogP contribution < -0.4 is 10.1 Å². The first kappa shape index (κ1) is 20.8. The number of carboxylic acid groups (broad SMARTS) is 1. The molecule has 4 rings (SSSR count). The molecule has 2 aromatic rings. The van der Waals surface area contributed by atoms with Crippen molar-refractivity contribution in [2.45, 2.75) is 44.8 Å². The molecule has 1 aromatic heterocycles. The van der Waals surface area contributed by atoms with Gasteiger partial charge in [0.15, 0.2) is 5.69 Å². The molecule has 160 valence electrons. The zero-order valence-electron chi connectivity index (χ0n) is 17.4. The molecule has 2 aliphatic rings. The van der Waals surface area contributed by atoms with Crippen molar-refractivity contribution in [3.63, 3.8) is 0 Å². The monoisotopic (exact) mass is 413 g/mol. The Kier molecular flexibility index (Phi) is 6.01. The zero-order chi connectivity index (χ0) is 21.3. The van der Waals surface area contributed by atoms with Crippen LogP contribution in [0, 0.1) is 12.7 Å². The van der Waals surface area contributed by atoms with Gasteiger partial charge in [-0.2, -0.15) is 0 Å². The highest BCUT2D eigenvalue weighted by Gasteiger charge is 2.28. The number of aryl methyl sites for hydroxylation is 1. The summed E-state index contributed by atoms with van der Waals surface area (Å²) in [4.78, 5) is 17.6. The lowest BCUT2D eigenvalue weighted by Crippen LogP contribution is -2.50. The summed E-state index contributed by atoms with van der Waals surface area (Å²) in [6, 6.07) is 7.50. The van der Waals surface area contributed by atoms with Gasteiger partial charge in [-0.3, -0.25) is 4.90 Å². The number of hydrogen-bond acceptors (Lipinski definition) is 5. The largest absolute Gasteiger partial charge is 0.483 e. The van der Waals surface area contributed by atoms with Crippen molar-refractivity contribution in [1.82, 2.24) is 15.2 Å². The minimum Gasteiger partial charge on any atom is -0.483 e. The molecule has 0 spiro atoms. The van der Waals surface area contributed by atoms with Gasteiger partial charge in [0.2, 0.25) is 0 Å². The molecule has 1 aliphatic heterocycles. The predicted molar refractivity (Wildman–Crippen MR) is 112 cm³/mol. The standard InChI is InChI=1S/C23H28FN3O3/c1-14-9-18(11-26-22(14)23(28)29)30-21(13-27-8-7-25-15(2)12-27)17-5-6-19(16-3-4-16)20(24)10-17/h5-6,9-11,15-16,21,25H,3-4,7-8,12-13H2,1-2H3,(H,28,29)/t15-,21?/m1/s1. The van der Waals surface area contributed by atoms with Crippen LogP contribution in [-0.2, 0) is 0 Å². The average Bonchev–Trinajstić information content (AvgIpc) is 3.52. The van der Waals surface area contributed by atoms with E-state index in [0.717, 1.165) is 43.6 Å². The molecule has 2 fully saturated rings. The Balaban J connectivity index is 1.59. The molecule has 0 amide bonds. The number of nitrogens with one attached hydrogen (secondary N) is 1. The average molecular weight is 413 g/mol. The maximum atomic E-state index is 14.7. The van der Waals surface area contributed by atoms with Gasteiger partial charge in [-0.05, 0) is 61.4 Å². The molecule has 7 heteroatoms. The van der Waals surface area contributed by atoms with Gasteiger partial charge in [-0.15, -0.1) is 0 Å². The van der Waals surface area contributed by atoms with Crippen LogP contribution in [0.15, 0.2) is 30.5 Å². The van der Waals surface area contributed by atoms with E-state index >= 15 is 0 Å². The highest BCUT2D eigenvalue weighted by atomic mass is 19.1. The minimum absolute atomic E-state index is 0.00894. The fraction of sp³-hybridized carbons (Fsp3) is 0.478. The van der Waals surface area contributed by atoms with Gasteiger partial charge in [0.25, 0.3) is 0 Å². The minimum atomic E-state index is -1.07. The fourth-order valence-electron chi connectivity index (χ4n) is 4.09. The van der Waals surface area contributed by atoms with Crippen molar-refractivity contribution in [2.75, 3.05) is 26.2 Å². The fourth-order valence-corrected chi connectivity index (χ4v) is 4.09. The Bertz CT molecular complexity index is 932. The topological polar surface area (TPSA) is 74.7 Å². The van der Waals surface area contributed by atoms with Crippen LogP contribution in [0.1, 0.15) is 59.0 Å². The number of benzene rings is 1. The predicted octanol–water partition coefficient (Wildman–Crippen LogP) is 3.52. The van der Waals surface area contributed by atoms with Crippen LogP contribution >= 0.6 is 0 Å². The molecular formula is C23H28FN3O3. The lowest BCUT2D eigenvalue weighted by Gasteiger charge is -2.34. The summed E-state index contributed by atoms with van der Waals surface area (Å²) < 4.78 is 21.0. The Morgan fingerprint density at radius 2 is 2.20 bits per heavy atom.